The highest BCUT2D eigenvalue weighted by molar-refractivity contribution is 6.13. The molecule has 0 aliphatic heterocycles. The van der Waals surface area contributed by atoms with Crippen molar-refractivity contribution in [2.75, 3.05) is 6.61 Å². The standard InChI is InChI=1S/C21H17N5O2/c27-20(15-28-26-19-14-8-7-13-18(19)22-25-26)23-24-21(16-9-3-1-4-10-16)17-11-5-2-6-12-17/h1-14H,15H2,(H,23,27). The molecule has 7 heteroatoms. The molecule has 3 aromatic carbocycles. The number of carbonyl (C=O) groups excluding carboxylic acids is 1. The summed E-state index contributed by atoms with van der Waals surface area (Å²) in [6.07, 6.45) is 0. The third kappa shape index (κ3) is 3.88. The van der Waals surface area contributed by atoms with E-state index in [1.54, 1.807) is 0 Å². The first kappa shape index (κ1) is 17.4. The van der Waals surface area contributed by atoms with Gasteiger partial charge in [-0.25, -0.2) is 5.43 Å². The maximum absolute atomic E-state index is 12.2. The van der Waals surface area contributed by atoms with Crippen LogP contribution in [0.25, 0.3) is 11.0 Å². The molecule has 1 heterocycles. The molecule has 4 aromatic rings. The van der Waals surface area contributed by atoms with Crippen LogP contribution in [0.5, 0.6) is 0 Å². The zero-order chi connectivity index (χ0) is 19.2. The highest BCUT2D eigenvalue weighted by atomic mass is 16.7. The van der Waals surface area contributed by atoms with Gasteiger partial charge in [-0.15, -0.1) is 5.10 Å². The minimum atomic E-state index is -0.399. The average Bonchev–Trinajstić information content (AvgIpc) is 3.17. The Bertz CT molecular complexity index is 1070. The summed E-state index contributed by atoms with van der Waals surface area (Å²) in [4.78, 5) is 18.9. The quantitative estimate of drug-likeness (QED) is 0.417. The molecule has 0 spiro atoms. The second-order valence-electron chi connectivity index (χ2n) is 5.95. The van der Waals surface area contributed by atoms with Gasteiger partial charge in [-0.1, -0.05) is 77.6 Å². The molecule has 1 N–H and O–H groups in total. The lowest BCUT2D eigenvalue weighted by molar-refractivity contribution is -0.126. The predicted octanol–water partition coefficient (Wildman–Crippen LogP) is 2.43. The van der Waals surface area contributed by atoms with Crippen LogP contribution in [0.2, 0.25) is 0 Å². The van der Waals surface area contributed by atoms with Gasteiger partial charge in [0.2, 0.25) is 0 Å². The lowest BCUT2D eigenvalue weighted by Crippen LogP contribution is -2.30. The van der Waals surface area contributed by atoms with E-state index in [1.165, 1.54) is 4.85 Å². The smallest absolute Gasteiger partial charge is 0.280 e. The topological polar surface area (TPSA) is 81.4 Å². The first-order valence-corrected chi connectivity index (χ1v) is 8.72. The van der Waals surface area contributed by atoms with Gasteiger partial charge >= 0.3 is 0 Å². The second-order valence-corrected chi connectivity index (χ2v) is 5.95. The highest BCUT2D eigenvalue weighted by Gasteiger charge is 2.10. The van der Waals surface area contributed by atoms with Gasteiger partial charge in [-0.05, 0) is 17.3 Å². The number of hydrazone groups is 1. The van der Waals surface area contributed by atoms with Crippen molar-refractivity contribution in [2.45, 2.75) is 0 Å². The molecule has 4 rings (SSSR count). The lowest BCUT2D eigenvalue weighted by Gasteiger charge is -2.08. The first-order valence-electron chi connectivity index (χ1n) is 8.72. The van der Waals surface area contributed by atoms with E-state index in [-0.39, 0.29) is 6.61 Å². The second kappa shape index (κ2) is 8.13. The number of carbonyl (C=O) groups is 1. The zero-order valence-corrected chi connectivity index (χ0v) is 14.9. The maximum Gasteiger partial charge on any atom is 0.280 e. The number of amides is 1. The van der Waals surface area contributed by atoms with Crippen LogP contribution in [0.15, 0.2) is 90.0 Å². The summed E-state index contributed by atoms with van der Waals surface area (Å²) in [6, 6.07) is 26.7. The molecule has 7 nitrogen and oxygen atoms in total. The Kier molecular flexibility index (Phi) is 5.06. The van der Waals surface area contributed by atoms with Crippen LogP contribution in [0.1, 0.15) is 11.1 Å². The van der Waals surface area contributed by atoms with E-state index in [0.29, 0.717) is 16.7 Å². The summed E-state index contributed by atoms with van der Waals surface area (Å²) in [6.45, 7) is -0.242. The predicted molar refractivity (Wildman–Crippen MR) is 106 cm³/mol. The minimum Gasteiger partial charge on any atom is -0.385 e. The van der Waals surface area contributed by atoms with Crippen LogP contribution in [0.3, 0.4) is 0 Å². The molecule has 1 amide bonds. The van der Waals surface area contributed by atoms with Crippen molar-refractivity contribution in [1.29, 1.82) is 0 Å². The Hall–Kier alpha value is -4.00. The van der Waals surface area contributed by atoms with Gasteiger partial charge in [0.05, 0.1) is 5.71 Å². The summed E-state index contributed by atoms with van der Waals surface area (Å²) in [5, 5.41) is 12.2. The van der Waals surface area contributed by atoms with Crippen molar-refractivity contribution in [2.24, 2.45) is 5.10 Å². The molecule has 0 unspecified atom stereocenters. The Balaban J connectivity index is 1.48. The third-order valence-electron chi connectivity index (χ3n) is 4.03. The van der Waals surface area contributed by atoms with Crippen LogP contribution in [0, 0.1) is 0 Å². The van der Waals surface area contributed by atoms with Gasteiger partial charge in [0.15, 0.2) is 6.61 Å². The summed E-state index contributed by atoms with van der Waals surface area (Å²) in [5.74, 6) is -0.399. The first-order chi connectivity index (χ1) is 13.8. The Morgan fingerprint density at radius 2 is 1.50 bits per heavy atom. The highest BCUT2D eigenvalue weighted by Crippen LogP contribution is 2.10. The van der Waals surface area contributed by atoms with Crippen molar-refractivity contribution in [3.8, 4) is 0 Å². The number of rotatable bonds is 6. The van der Waals surface area contributed by atoms with Crippen molar-refractivity contribution in [3.05, 3.63) is 96.1 Å². The molecule has 138 valence electrons. The van der Waals surface area contributed by atoms with Crippen LogP contribution >= 0.6 is 0 Å². The molecule has 0 saturated carbocycles. The van der Waals surface area contributed by atoms with Crippen molar-refractivity contribution in [3.63, 3.8) is 0 Å². The normalized spacial score (nSPS) is 10.4. The van der Waals surface area contributed by atoms with Gasteiger partial charge < -0.3 is 4.84 Å². The molecule has 1 aromatic heterocycles. The summed E-state index contributed by atoms with van der Waals surface area (Å²) < 4.78 is 0. The van der Waals surface area contributed by atoms with Gasteiger partial charge in [0, 0.05) is 11.1 Å². The van der Waals surface area contributed by atoms with Gasteiger partial charge in [0.1, 0.15) is 11.0 Å². The van der Waals surface area contributed by atoms with Gasteiger partial charge in [0.25, 0.3) is 5.91 Å². The fourth-order valence-electron chi connectivity index (χ4n) is 2.70. The fourth-order valence-corrected chi connectivity index (χ4v) is 2.70. The third-order valence-corrected chi connectivity index (χ3v) is 4.03. The minimum absolute atomic E-state index is 0.242. The van der Waals surface area contributed by atoms with Crippen molar-refractivity contribution < 1.29 is 9.63 Å². The number of aromatic nitrogens is 3. The Morgan fingerprint density at radius 1 is 0.893 bits per heavy atom. The number of fused-ring (bicyclic) bond motifs is 1. The van der Waals surface area contributed by atoms with Gasteiger partial charge in [-0.3, -0.25) is 4.79 Å². The van der Waals surface area contributed by atoms with E-state index in [9.17, 15) is 4.79 Å². The summed E-state index contributed by atoms with van der Waals surface area (Å²) in [5.41, 5.74) is 6.40. The van der Waals surface area contributed by atoms with Crippen molar-refractivity contribution >= 4 is 22.7 Å². The van der Waals surface area contributed by atoms with E-state index in [4.69, 9.17) is 4.84 Å². The molecular formula is C21H17N5O2. The SMILES string of the molecule is O=C(COn1nnc2ccccc21)NN=C(c1ccccc1)c1ccccc1. The largest absolute Gasteiger partial charge is 0.385 e. The molecule has 0 saturated heterocycles. The summed E-state index contributed by atoms with van der Waals surface area (Å²) >= 11 is 0. The van der Waals surface area contributed by atoms with Crippen LogP contribution in [-0.2, 0) is 4.79 Å². The lowest BCUT2D eigenvalue weighted by atomic mass is 10.0. The molecular weight excluding hydrogens is 354 g/mol. The van der Waals surface area contributed by atoms with E-state index in [2.05, 4.69) is 20.8 Å². The van der Waals surface area contributed by atoms with Crippen LogP contribution in [0.4, 0.5) is 0 Å². The van der Waals surface area contributed by atoms with E-state index < -0.39 is 5.91 Å². The monoisotopic (exact) mass is 371 g/mol. The number of benzene rings is 3. The zero-order valence-electron chi connectivity index (χ0n) is 14.9. The fraction of sp³-hybridized carbons (Fsp3) is 0.0476. The Morgan fingerprint density at radius 3 is 2.18 bits per heavy atom. The van der Waals surface area contributed by atoms with Crippen LogP contribution < -0.4 is 10.3 Å². The van der Waals surface area contributed by atoms with E-state index in [1.807, 2.05) is 84.9 Å². The summed E-state index contributed by atoms with van der Waals surface area (Å²) in [7, 11) is 0. The van der Waals surface area contributed by atoms with E-state index in [0.717, 1.165) is 11.1 Å². The number of hydrogen-bond donors (Lipinski definition) is 1. The molecule has 28 heavy (non-hydrogen) atoms. The molecule has 0 aliphatic rings. The molecule has 0 aliphatic carbocycles. The number of para-hydroxylation sites is 1. The molecule has 0 bridgehead atoms. The van der Waals surface area contributed by atoms with Crippen molar-refractivity contribution in [1.82, 2.24) is 20.6 Å². The van der Waals surface area contributed by atoms with E-state index >= 15 is 0 Å². The average molecular weight is 371 g/mol. The molecule has 0 atom stereocenters. The van der Waals surface area contributed by atoms with Crippen LogP contribution in [-0.4, -0.2) is 33.4 Å². The molecule has 0 radical (unpaired) electrons. The number of nitrogens with zero attached hydrogens (tertiary/aromatic N) is 4. The number of nitrogens with one attached hydrogen (secondary N) is 1. The van der Waals surface area contributed by atoms with Gasteiger partial charge in [-0.2, -0.15) is 5.10 Å². The molecule has 0 fully saturated rings. The Labute approximate surface area is 161 Å². The number of hydrogen-bond acceptors (Lipinski definition) is 5. The maximum atomic E-state index is 12.2.